The van der Waals surface area contributed by atoms with Gasteiger partial charge in [-0.05, 0) is 17.7 Å². The number of carbonyl (C=O) groups is 1. The first-order chi connectivity index (χ1) is 11.4. The molecule has 3 rings (SSSR count). The number of fused-ring (bicyclic) bond motifs is 1. The Bertz CT molecular complexity index is 715. The number of ether oxygens (including phenoxy) is 3. The lowest BCUT2D eigenvalue weighted by atomic mass is 10.2. The number of morpholine rings is 1. The van der Waals surface area contributed by atoms with Crippen LogP contribution in [0.2, 0.25) is 0 Å². The van der Waals surface area contributed by atoms with Crippen LogP contribution in [0.25, 0.3) is 0 Å². The van der Waals surface area contributed by atoms with Crippen LogP contribution in [0.15, 0.2) is 18.2 Å². The Labute approximate surface area is 140 Å². The molecule has 0 bridgehead atoms. The zero-order chi connectivity index (χ0) is 17.2. The highest BCUT2D eigenvalue weighted by molar-refractivity contribution is 7.88. The third-order valence-electron chi connectivity index (χ3n) is 3.94. The minimum Gasteiger partial charge on any atom is -0.454 e. The predicted molar refractivity (Wildman–Crippen MR) is 85.2 cm³/mol. The monoisotopic (exact) mass is 356 g/mol. The summed E-state index contributed by atoms with van der Waals surface area (Å²) in [4.78, 5) is 14.0. The molecule has 0 aromatic heterocycles. The van der Waals surface area contributed by atoms with Crippen molar-refractivity contribution in [3.63, 3.8) is 0 Å². The molecule has 132 valence electrons. The lowest BCUT2D eigenvalue weighted by Gasteiger charge is -2.29. The van der Waals surface area contributed by atoms with Crippen LogP contribution in [0.5, 0.6) is 11.5 Å². The topological polar surface area (TPSA) is 85.4 Å². The van der Waals surface area contributed by atoms with Crippen LogP contribution >= 0.6 is 0 Å². The fourth-order valence-electron chi connectivity index (χ4n) is 2.60. The lowest BCUT2D eigenvalue weighted by molar-refractivity contribution is -0.135. The molecule has 2 aliphatic heterocycles. The smallest absolute Gasteiger partial charge is 0.238 e. The van der Waals surface area contributed by atoms with E-state index in [0.29, 0.717) is 37.8 Å². The van der Waals surface area contributed by atoms with Crippen LogP contribution in [-0.4, -0.2) is 69.4 Å². The number of hydrogen-bond acceptors (Lipinski definition) is 6. The maximum atomic E-state index is 12.4. The Morgan fingerprint density at radius 3 is 2.62 bits per heavy atom. The summed E-state index contributed by atoms with van der Waals surface area (Å²) in [6.45, 7) is 2.00. The van der Waals surface area contributed by atoms with Crippen LogP contribution in [0.3, 0.4) is 0 Å². The van der Waals surface area contributed by atoms with Crippen molar-refractivity contribution in [1.29, 1.82) is 0 Å². The van der Waals surface area contributed by atoms with E-state index in [1.54, 1.807) is 23.1 Å². The summed E-state index contributed by atoms with van der Waals surface area (Å²) < 4.78 is 41.0. The molecular weight excluding hydrogens is 336 g/mol. The van der Waals surface area contributed by atoms with Crippen molar-refractivity contribution in [3.05, 3.63) is 23.8 Å². The van der Waals surface area contributed by atoms with Gasteiger partial charge in [-0.1, -0.05) is 6.07 Å². The number of hydrogen-bond donors (Lipinski definition) is 0. The number of carbonyl (C=O) groups excluding carboxylic acids is 1. The summed E-state index contributed by atoms with van der Waals surface area (Å²) in [5, 5.41) is 0. The molecule has 1 amide bonds. The minimum absolute atomic E-state index is 0.103. The number of sulfonamides is 1. The van der Waals surface area contributed by atoms with Gasteiger partial charge in [-0.3, -0.25) is 4.79 Å². The second kappa shape index (κ2) is 6.96. The van der Waals surface area contributed by atoms with Gasteiger partial charge >= 0.3 is 0 Å². The van der Waals surface area contributed by atoms with Gasteiger partial charge in [0.15, 0.2) is 11.5 Å². The van der Waals surface area contributed by atoms with Crippen molar-refractivity contribution in [3.8, 4) is 11.5 Å². The normalized spacial score (nSPS) is 17.3. The van der Waals surface area contributed by atoms with Crippen molar-refractivity contribution < 1.29 is 27.4 Å². The van der Waals surface area contributed by atoms with Crippen molar-refractivity contribution in [2.75, 3.05) is 45.9 Å². The number of amides is 1. The summed E-state index contributed by atoms with van der Waals surface area (Å²) in [6.07, 6.45) is 1.10. The quantitative estimate of drug-likeness (QED) is 0.740. The highest BCUT2D eigenvalue weighted by atomic mass is 32.2. The van der Waals surface area contributed by atoms with Gasteiger partial charge in [0, 0.05) is 19.6 Å². The highest BCUT2D eigenvalue weighted by Gasteiger charge is 2.25. The molecule has 2 aliphatic rings. The molecule has 0 radical (unpaired) electrons. The first-order valence-electron chi connectivity index (χ1n) is 7.62. The molecule has 9 heteroatoms. The van der Waals surface area contributed by atoms with Gasteiger partial charge in [0.05, 0.1) is 26.0 Å². The Balaban J connectivity index is 1.71. The molecule has 0 aliphatic carbocycles. The molecule has 1 aromatic rings. The zero-order valence-corrected chi connectivity index (χ0v) is 14.3. The van der Waals surface area contributed by atoms with Gasteiger partial charge in [-0.2, -0.15) is 4.31 Å². The SMILES string of the molecule is CS(=O)(=O)N(CC(=O)N1CCOCC1)Cc1ccc2c(c1)OCO2. The van der Waals surface area contributed by atoms with Crippen molar-refractivity contribution in [2.45, 2.75) is 6.54 Å². The van der Waals surface area contributed by atoms with Gasteiger partial charge in [0.1, 0.15) is 0 Å². The molecule has 1 aromatic carbocycles. The Kier molecular flexibility index (Phi) is 4.93. The summed E-state index contributed by atoms with van der Waals surface area (Å²) in [6, 6.07) is 5.24. The van der Waals surface area contributed by atoms with E-state index in [1.807, 2.05) is 0 Å². The fourth-order valence-corrected chi connectivity index (χ4v) is 3.33. The molecule has 0 atom stereocenters. The van der Waals surface area contributed by atoms with E-state index in [0.717, 1.165) is 11.8 Å². The maximum Gasteiger partial charge on any atom is 0.238 e. The van der Waals surface area contributed by atoms with Gasteiger partial charge < -0.3 is 19.1 Å². The summed E-state index contributed by atoms with van der Waals surface area (Å²) in [5.41, 5.74) is 0.736. The lowest BCUT2D eigenvalue weighted by Crippen LogP contribution is -2.46. The average Bonchev–Trinajstić information content (AvgIpc) is 3.02. The van der Waals surface area contributed by atoms with Gasteiger partial charge in [-0.15, -0.1) is 0 Å². The summed E-state index contributed by atoms with van der Waals surface area (Å²) in [5.74, 6) is 0.999. The third kappa shape index (κ3) is 3.97. The Morgan fingerprint density at radius 2 is 1.92 bits per heavy atom. The Hall–Kier alpha value is -1.84. The van der Waals surface area contributed by atoms with Crippen molar-refractivity contribution in [1.82, 2.24) is 9.21 Å². The molecule has 0 unspecified atom stereocenters. The molecule has 0 saturated carbocycles. The van der Waals surface area contributed by atoms with E-state index < -0.39 is 10.0 Å². The van der Waals surface area contributed by atoms with E-state index in [9.17, 15) is 13.2 Å². The number of nitrogens with zero attached hydrogens (tertiary/aromatic N) is 2. The van der Waals surface area contributed by atoms with Gasteiger partial charge in [0.25, 0.3) is 0 Å². The van der Waals surface area contributed by atoms with E-state index in [1.165, 1.54) is 4.31 Å². The van der Waals surface area contributed by atoms with Crippen molar-refractivity contribution >= 4 is 15.9 Å². The van der Waals surface area contributed by atoms with Crippen molar-refractivity contribution in [2.24, 2.45) is 0 Å². The van der Waals surface area contributed by atoms with E-state index >= 15 is 0 Å². The van der Waals surface area contributed by atoms with Crippen LogP contribution in [0.4, 0.5) is 0 Å². The summed E-state index contributed by atoms with van der Waals surface area (Å²) >= 11 is 0. The molecule has 8 nitrogen and oxygen atoms in total. The standard InChI is InChI=1S/C15H20N2O6S/c1-24(19,20)17(10-15(18)16-4-6-21-7-5-16)9-12-2-3-13-14(8-12)23-11-22-13/h2-3,8H,4-7,9-11H2,1H3. The first-order valence-corrected chi connectivity index (χ1v) is 9.47. The van der Waals surface area contributed by atoms with E-state index in [4.69, 9.17) is 14.2 Å². The van der Waals surface area contributed by atoms with Gasteiger partial charge in [0.2, 0.25) is 22.7 Å². The second-order valence-corrected chi connectivity index (χ2v) is 7.69. The largest absolute Gasteiger partial charge is 0.454 e. The second-order valence-electron chi connectivity index (χ2n) is 5.71. The molecule has 2 heterocycles. The number of rotatable bonds is 5. The van der Waals surface area contributed by atoms with Crippen LogP contribution in [0, 0.1) is 0 Å². The highest BCUT2D eigenvalue weighted by Crippen LogP contribution is 2.32. The summed E-state index contributed by atoms with van der Waals surface area (Å²) in [7, 11) is -3.53. The van der Waals surface area contributed by atoms with Crippen LogP contribution < -0.4 is 9.47 Å². The molecule has 1 saturated heterocycles. The number of benzene rings is 1. The zero-order valence-electron chi connectivity index (χ0n) is 13.4. The Morgan fingerprint density at radius 1 is 1.21 bits per heavy atom. The molecule has 24 heavy (non-hydrogen) atoms. The minimum atomic E-state index is -3.53. The molecular formula is C15H20N2O6S. The first kappa shape index (κ1) is 17.0. The van der Waals surface area contributed by atoms with E-state index in [2.05, 4.69) is 0 Å². The predicted octanol–water partition coefficient (Wildman–Crippen LogP) is 0.0357. The average molecular weight is 356 g/mol. The van der Waals surface area contributed by atoms with Gasteiger partial charge in [-0.25, -0.2) is 8.42 Å². The molecule has 1 fully saturated rings. The fraction of sp³-hybridized carbons (Fsp3) is 0.533. The maximum absolute atomic E-state index is 12.4. The van der Waals surface area contributed by atoms with Crippen LogP contribution in [-0.2, 0) is 26.1 Å². The van der Waals surface area contributed by atoms with E-state index in [-0.39, 0.29) is 25.8 Å². The third-order valence-corrected chi connectivity index (χ3v) is 5.14. The molecule has 0 N–H and O–H groups in total. The molecule has 0 spiro atoms. The van der Waals surface area contributed by atoms with Crippen LogP contribution in [0.1, 0.15) is 5.56 Å².